The van der Waals surface area contributed by atoms with Crippen molar-refractivity contribution in [2.75, 3.05) is 11.9 Å². The molecule has 0 saturated carbocycles. The zero-order valence-corrected chi connectivity index (χ0v) is 16.7. The molecule has 4 rings (SSSR count). The summed E-state index contributed by atoms with van der Waals surface area (Å²) in [5.74, 6) is 0.349. The third-order valence-electron chi connectivity index (χ3n) is 4.56. The number of anilines is 2. The van der Waals surface area contributed by atoms with Gasteiger partial charge in [-0.1, -0.05) is 60.7 Å². The van der Waals surface area contributed by atoms with Gasteiger partial charge in [-0.3, -0.25) is 0 Å². The van der Waals surface area contributed by atoms with Gasteiger partial charge in [0.25, 0.3) is 0 Å². The standard InChI is InChI=1S/C24H18N4O3/c1-2-30-24(29)19-14-26-15-27-22(19)28-23-18(13-25)20(16-9-5-3-6-10-16)21(31-23)17-11-7-4-8-12-17/h3-12,14-15H,2H2,1H3,(H,26,27,28). The molecule has 0 aliphatic heterocycles. The van der Waals surface area contributed by atoms with Crippen molar-refractivity contribution in [2.24, 2.45) is 0 Å². The minimum atomic E-state index is -0.567. The lowest BCUT2D eigenvalue weighted by atomic mass is 9.98. The molecule has 0 bridgehead atoms. The van der Waals surface area contributed by atoms with Gasteiger partial charge in [0, 0.05) is 17.3 Å². The number of carbonyl (C=O) groups is 1. The zero-order valence-electron chi connectivity index (χ0n) is 16.7. The highest BCUT2D eigenvalue weighted by atomic mass is 16.5. The Bertz CT molecular complexity index is 1250. The van der Waals surface area contributed by atoms with Crippen LogP contribution >= 0.6 is 0 Å². The van der Waals surface area contributed by atoms with E-state index in [1.165, 1.54) is 12.5 Å². The Morgan fingerprint density at radius 3 is 2.42 bits per heavy atom. The van der Waals surface area contributed by atoms with Crippen molar-refractivity contribution in [1.82, 2.24) is 9.97 Å². The van der Waals surface area contributed by atoms with Crippen LogP contribution < -0.4 is 5.32 Å². The van der Waals surface area contributed by atoms with Crippen LogP contribution in [-0.4, -0.2) is 22.5 Å². The Morgan fingerprint density at radius 1 is 1.10 bits per heavy atom. The first-order valence-electron chi connectivity index (χ1n) is 9.64. The van der Waals surface area contributed by atoms with E-state index < -0.39 is 5.97 Å². The molecule has 152 valence electrons. The Labute approximate surface area is 179 Å². The maximum atomic E-state index is 12.3. The number of nitrogens with one attached hydrogen (secondary N) is 1. The SMILES string of the molecule is CCOC(=O)c1cncnc1Nc1oc(-c2ccccc2)c(-c2ccccc2)c1C#N. The summed E-state index contributed by atoms with van der Waals surface area (Å²) >= 11 is 0. The number of furan rings is 1. The van der Waals surface area contributed by atoms with E-state index >= 15 is 0 Å². The molecule has 0 amide bonds. The smallest absolute Gasteiger partial charge is 0.343 e. The number of carbonyl (C=O) groups excluding carboxylic acids is 1. The lowest BCUT2D eigenvalue weighted by Crippen LogP contribution is -2.10. The van der Waals surface area contributed by atoms with E-state index in [9.17, 15) is 10.1 Å². The molecule has 7 nitrogen and oxygen atoms in total. The Balaban J connectivity index is 1.87. The second-order valence-corrected chi connectivity index (χ2v) is 6.48. The van der Waals surface area contributed by atoms with Gasteiger partial charge in [0.05, 0.1) is 6.61 Å². The average molecular weight is 410 g/mol. The number of esters is 1. The van der Waals surface area contributed by atoms with Crippen molar-refractivity contribution in [3.63, 3.8) is 0 Å². The first-order valence-corrected chi connectivity index (χ1v) is 9.64. The highest BCUT2D eigenvalue weighted by molar-refractivity contribution is 5.96. The number of benzene rings is 2. The number of aromatic nitrogens is 2. The molecule has 0 radical (unpaired) electrons. The van der Waals surface area contributed by atoms with Gasteiger partial charge < -0.3 is 14.5 Å². The van der Waals surface area contributed by atoms with E-state index in [0.29, 0.717) is 16.9 Å². The van der Waals surface area contributed by atoms with Crippen LogP contribution in [-0.2, 0) is 4.74 Å². The van der Waals surface area contributed by atoms with Crippen molar-refractivity contribution in [3.05, 3.63) is 84.3 Å². The van der Waals surface area contributed by atoms with Gasteiger partial charge in [0.2, 0.25) is 5.88 Å². The molecule has 7 heteroatoms. The van der Waals surface area contributed by atoms with Gasteiger partial charge in [-0.25, -0.2) is 14.8 Å². The molecule has 2 aromatic carbocycles. The van der Waals surface area contributed by atoms with E-state index in [1.807, 2.05) is 60.7 Å². The molecule has 0 atom stereocenters. The Morgan fingerprint density at radius 2 is 1.77 bits per heavy atom. The molecule has 31 heavy (non-hydrogen) atoms. The van der Waals surface area contributed by atoms with Crippen LogP contribution in [0.1, 0.15) is 22.8 Å². The van der Waals surface area contributed by atoms with Crippen LogP contribution in [0.2, 0.25) is 0 Å². The van der Waals surface area contributed by atoms with Crippen LogP contribution in [0.3, 0.4) is 0 Å². The van der Waals surface area contributed by atoms with Gasteiger partial charge in [-0.05, 0) is 12.5 Å². The van der Waals surface area contributed by atoms with Crippen molar-refractivity contribution < 1.29 is 13.9 Å². The summed E-state index contributed by atoms with van der Waals surface area (Å²) in [6.45, 7) is 1.93. The third kappa shape index (κ3) is 4.00. The van der Waals surface area contributed by atoms with Crippen LogP contribution in [0.5, 0.6) is 0 Å². The van der Waals surface area contributed by atoms with Gasteiger partial charge in [0.15, 0.2) is 5.82 Å². The molecule has 4 aromatic rings. The molecule has 1 N–H and O–H groups in total. The largest absolute Gasteiger partial charge is 0.462 e. The molecular formula is C24H18N4O3. The summed E-state index contributed by atoms with van der Waals surface area (Å²) in [6.07, 6.45) is 2.66. The quantitative estimate of drug-likeness (QED) is 0.436. The highest BCUT2D eigenvalue weighted by Crippen LogP contribution is 2.42. The lowest BCUT2D eigenvalue weighted by molar-refractivity contribution is 0.0526. The summed E-state index contributed by atoms with van der Waals surface area (Å²) in [7, 11) is 0. The summed E-state index contributed by atoms with van der Waals surface area (Å²) < 4.78 is 11.2. The zero-order chi connectivity index (χ0) is 21.6. The fourth-order valence-electron chi connectivity index (χ4n) is 3.19. The predicted molar refractivity (Wildman–Crippen MR) is 116 cm³/mol. The van der Waals surface area contributed by atoms with E-state index in [1.54, 1.807) is 6.92 Å². The second kappa shape index (κ2) is 8.93. The summed E-state index contributed by atoms with van der Waals surface area (Å²) in [5.41, 5.74) is 2.76. The highest BCUT2D eigenvalue weighted by Gasteiger charge is 2.25. The molecular weight excluding hydrogens is 392 g/mol. The molecule has 2 heterocycles. The van der Waals surface area contributed by atoms with Crippen LogP contribution in [0.15, 0.2) is 77.6 Å². The molecule has 0 aliphatic carbocycles. The maximum absolute atomic E-state index is 12.3. The molecule has 0 unspecified atom stereocenters. The summed E-state index contributed by atoms with van der Waals surface area (Å²) in [6, 6.07) is 21.3. The topological polar surface area (TPSA) is 101 Å². The fraction of sp³-hybridized carbons (Fsp3) is 0.0833. The molecule has 0 fully saturated rings. The summed E-state index contributed by atoms with van der Waals surface area (Å²) in [5, 5.41) is 13.0. The van der Waals surface area contributed by atoms with Gasteiger partial charge in [0.1, 0.15) is 29.3 Å². The van der Waals surface area contributed by atoms with Crippen molar-refractivity contribution >= 4 is 17.7 Å². The molecule has 0 aliphatic rings. The maximum Gasteiger partial charge on any atom is 0.343 e. The first-order chi connectivity index (χ1) is 15.2. The van der Waals surface area contributed by atoms with E-state index in [-0.39, 0.29) is 23.9 Å². The number of hydrogen-bond acceptors (Lipinski definition) is 7. The van der Waals surface area contributed by atoms with Crippen LogP contribution in [0, 0.1) is 11.3 Å². The number of rotatable bonds is 6. The second-order valence-electron chi connectivity index (χ2n) is 6.48. The lowest BCUT2D eigenvalue weighted by Gasteiger charge is -2.08. The molecule has 0 saturated heterocycles. The Hall–Kier alpha value is -4.44. The monoisotopic (exact) mass is 410 g/mol. The fourth-order valence-corrected chi connectivity index (χ4v) is 3.19. The predicted octanol–water partition coefficient (Wildman–Crippen LogP) is 5.20. The number of nitrogens with zero attached hydrogens (tertiary/aromatic N) is 3. The van der Waals surface area contributed by atoms with Crippen LogP contribution in [0.25, 0.3) is 22.5 Å². The minimum Gasteiger partial charge on any atom is -0.462 e. The average Bonchev–Trinajstić information content (AvgIpc) is 3.19. The first kappa shape index (κ1) is 19.9. The van der Waals surface area contributed by atoms with Gasteiger partial charge in [-0.2, -0.15) is 5.26 Å². The van der Waals surface area contributed by atoms with Crippen molar-refractivity contribution in [1.29, 1.82) is 5.26 Å². The molecule has 2 aromatic heterocycles. The van der Waals surface area contributed by atoms with E-state index in [4.69, 9.17) is 9.15 Å². The third-order valence-corrected chi connectivity index (χ3v) is 4.56. The molecule has 0 spiro atoms. The summed E-state index contributed by atoms with van der Waals surface area (Å²) in [4.78, 5) is 20.3. The van der Waals surface area contributed by atoms with Gasteiger partial charge in [-0.15, -0.1) is 0 Å². The normalized spacial score (nSPS) is 10.3. The Kier molecular flexibility index (Phi) is 5.72. The van der Waals surface area contributed by atoms with Crippen molar-refractivity contribution in [3.8, 4) is 28.5 Å². The van der Waals surface area contributed by atoms with Gasteiger partial charge >= 0.3 is 5.97 Å². The number of nitriles is 1. The number of ether oxygens (including phenoxy) is 1. The van der Waals surface area contributed by atoms with Crippen LogP contribution in [0.4, 0.5) is 11.7 Å². The van der Waals surface area contributed by atoms with E-state index in [2.05, 4.69) is 21.4 Å². The van der Waals surface area contributed by atoms with E-state index in [0.717, 1.165) is 11.1 Å². The number of hydrogen-bond donors (Lipinski definition) is 1. The van der Waals surface area contributed by atoms with Crippen molar-refractivity contribution in [2.45, 2.75) is 6.92 Å². The minimum absolute atomic E-state index is 0.146.